The van der Waals surface area contributed by atoms with Gasteiger partial charge in [0.2, 0.25) is 0 Å². The third kappa shape index (κ3) is 9.18. The van der Waals surface area contributed by atoms with Crippen LogP contribution < -0.4 is 21.1 Å². The van der Waals surface area contributed by atoms with Gasteiger partial charge in [-0.1, -0.05) is 179 Å². The third-order valence-corrected chi connectivity index (χ3v) is 29.2. The fourth-order valence-electron chi connectivity index (χ4n) is 25.8. The number of carboxylic acid groups (broad SMARTS) is 1. The lowest BCUT2D eigenvalue weighted by molar-refractivity contribution is -0.167. The zero-order chi connectivity index (χ0) is 61.5. The number of dihydropyridines is 1. The number of hydrogen-bond donors (Lipinski definition) is 5. The molecule has 17 atom stereocenters. The van der Waals surface area contributed by atoms with Crippen molar-refractivity contribution in [3.05, 3.63) is 171 Å². The molecule has 6 aliphatic heterocycles. The molecule has 90 heavy (non-hydrogen) atoms. The second kappa shape index (κ2) is 22.5. The molecule has 5 N–H and O–H groups in total. The van der Waals surface area contributed by atoms with Crippen molar-refractivity contribution >= 4 is 23.2 Å². The van der Waals surface area contributed by atoms with Crippen molar-refractivity contribution < 1.29 is 20.1 Å². The normalized spacial score (nSPS) is 41.3. The summed E-state index contributed by atoms with van der Waals surface area (Å²) in [4.78, 5) is 14.8. The monoisotopic (exact) mass is 1210 g/mol. The van der Waals surface area contributed by atoms with Crippen LogP contribution in [0.1, 0.15) is 211 Å². The Balaban J connectivity index is 0.893. The minimum Gasteiger partial charge on any atom is -0.481 e. The van der Waals surface area contributed by atoms with Gasteiger partial charge >= 0.3 is 5.97 Å². The SMILES string of the molecule is C=C1CC[C@@H](C(=O)O)[C@H]2[C@H](O)C[C@@]3([C@@H]4CC[C@]5(C[C@H]6CC[C@@H](c7ccccc7)C[C@H]6C5)C4)C4=C(CC[C@]23C)[C@]23CC[C@H](O)[C@@]5(C)CC=C(CC(C)C)[C@@](C=C6C(=c7ccccc7=C[C@@H]62)Cc2cccc(c2)C2=CC=C(NCCC[C@H]1C1CCCCC1)NC2)(C4)[C@@H]53. The Morgan fingerprint density at radius 2 is 1.59 bits per heavy atom. The average molecular weight is 1210 g/mol. The molecule has 3 aromatic carbocycles. The van der Waals surface area contributed by atoms with E-state index in [1.54, 1.807) is 16.7 Å². The number of fused-ring (bicyclic) bond motifs is 2. The molecular weight excluding hydrogens is 1100 g/mol. The fraction of sp³-hybridized carbons (Fsp3) is 0.607. The Morgan fingerprint density at radius 3 is 2.40 bits per heavy atom. The van der Waals surface area contributed by atoms with Crippen molar-refractivity contribution in [1.29, 1.82) is 0 Å². The van der Waals surface area contributed by atoms with E-state index in [2.05, 4.69) is 148 Å². The number of carbonyl (C=O) groups is 1. The minimum atomic E-state index is -0.722. The van der Waals surface area contributed by atoms with Gasteiger partial charge in [0.25, 0.3) is 0 Å². The van der Waals surface area contributed by atoms with Gasteiger partial charge in [0.05, 0.1) is 23.9 Å². The van der Waals surface area contributed by atoms with Crippen molar-refractivity contribution in [2.24, 2.45) is 91.7 Å². The Morgan fingerprint density at radius 1 is 0.767 bits per heavy atom. The highest BCUT2D eigenvalue weighted by Crippen LogP contribution is 2.84. The van der Waals surface area contributed by atoms with Crippen LogP contribution in [-0.2, 0) is 11.2 Å². The molecular formula is C84H106N2O4. The van der Waals surface area contributed by atoms with E-state index in [1.165, 1.54) is 133 Å². The van der Waals surface area contributed by atoms with Crippen LogP contribution in [0.2, 0.25) is 0 Å². The Labute approximate surface area is 539 Å². The van der Waals surface area contributed by atoms with Crippen molar-refractivity contribution in [2.45, 2.75) is 213 Å². The summed E-state index contributed by atoms with van der Waals surface area (Å²) >= 11 is 0. The Kier molecular flexibility index (Phi) is 15.0. The number of aliphatic hydroxyl groups excluding tert-OH is 2. The Hall–Kier alpha value is -5.17. The summed E-state index contributed by atoms with van der Waals surface area (Å²) < 4.78 is 0. The maximum Gasteiger partial charge on any atom is 0.306 e. The van der Waals surface area contributed by atoms with Crippen molar-refractivity contribution in [3.8, 4) is 0 Å². The van der Waals surface area contributed by atoms with Crippen molar-refractivity contribution in [1.82, 2.24) is 10.6 Å². The molecule has 6 heterocycles. The summed E-state index contributed by atoms with van der Waals surface area (Å²) in [7, 11) is 0. The van der Waals surface area contributed by atoms with E-state index in [0.29, 0.717) is 48.9 Å². The molecule has 0 amide bonds. The number of allylic oxidation sites excluding steroid dienone is 9. The lowest BCUT2D eigenvalue weighted by Crippen LogP contribution is -2.69. The summed E-state index contributed by atoms with van der Waals surface area (Å²) in [6.45, 7) is 16.6. The molecule has 17 aliphatic rings. The van der Waals surface area contributed by atoms with E-state index >= 15 is 0 Å². The second-order valence-corrected chi connectivity index (χ2v) is 33.7. The molecule has 0 saturated heterocycles. The molecule has 3 aromatic rings. The van der Waals surface area contributed by atoms with Gasteiger partial charge in [-0.15, -0.1) is 0 Å². The highest BCUT2D eigenvalue weighted by molar-refractivity contribution is 5.78. The van der Waals surface area contributed by atoms with Gasteiger partial charge in [0.1, 0.15) is 0 Å². The van der Waals surface area contributed by atoms with Crippen LogP contribution in [0.5, 0.6) is 0 Å². The lowest BCUT2D eigenvalue weighted by Gasteiger charge is -2.74. The number of carboxylic acids is 1. The molecule has 0 unspecified atom stereocenters. The maximum absolute atomic E-state index is 14.8. The zero-order valence-electron chi connectivity index (χ0n) is 55.2. The van der Waals surface area contributed by atoms with Crippen LogP contribution in [0.4, 0.5) is 0 Å². The molecule has 3 spiro atoms. The first-order valence-electron chi connectivity index (χ1n) is 36.8. The van der Waals surface area contributed by atoms with Crippen LogP contribution in [0.3, 0.4) is 0 Å². The van der Waals surface area contributed by atoms with E-state index in [4.69, 9.17) is 6.58 Å². The summed E-state index contributed by atoms with van der Waals surface area (Å²) in [5.41, 5.74) is 13.2. The number of benzene rings is 3. The van der Waals surface area contributed by atoms with Gasteiger partial charge < -0.3 is 26.0 Å². The minimum absolute atomic E-state index is 0.114. The number of aliphatic hydroxyl groups is 2. The van der Waals surface area contributed by atoms with Crippen molar-refractivity contribution in [3.63, 3.8) is 0 Å². The van der Waals surface area contributed by atoms with Crippen LogP contribution in [-0.4, -0.2) is 46.6 Å². The van der Waals surface area contributed by atoms with E-state index in [1.807, 2.05) is 0 Å². The molecule has 0 aromatic heterocycles. The Bertz CT molecular complexity index is 3650. The molecule has 11 aliphatic carbocycles. The molecule has 6 saturated carbocycles. The van der Waals surface area contributed by atoms with Gasteiger partial charge in [-0.2, -0.15) is 0 Å². The highest BCUT2D eigenvalue weighted by Gasteiger charge is 2.77. The average Bonchev–Trinajstić information content (AvgIpc) is 0.940. The van der Waals surface area contributed by atoms with Gasteiger partial charge in [0.15, 0.2) is 0 Å². The zero-order valence-corrected chi connectivity index (χ0v) is 55.2. The number of rotatable bonds is 6. The van der Waals surface area contributed by atoms with E-state index in [9.17, 15) is 20.1 Å². The molecule has 6 fully saturated rings. The topological polar surface area (TPSA) is 102 Å². The lowest BCUT2D eigenvalue weighted by atomic mass is 9.29. The highest BCUT2D eigenvalue weighted by atomic mass is 16.4. The second-order valence-electron chi connectivity index (χ2n) is 33.7. The summed E-state index contributed by atoms with van der Waals surface area (Å²) in [5.74, 6) is 3.56. The first-order valence-corrected chi connectivity index (χ1v) is 36.8. The molecule has 20 rings (SSSR count). The van der Waals surface area contributed by atoms with Gasteiger partial charge in [-0.3, -0.25) is 4.79 Å². The van der Waals surface area contributed by atoms with Crippen LogP contribution in [0, 0.1) is 91.7 Å². The van der Waals surface area contributed by atoms with Crippen LogP contribution in [0.25, 0.3) is 17.2 Å². The summed E-state index contributed by atoms with van der Waals surface area (Å²) in [6.07, 6.45) is 39.5. The number of hydrogen-bond acceptors (Lipinski definition) is 5. The standard InChI is InChI=1S/C84H106N2O4/c1-52(2)40-63-31-35-79(4)74(88)34-38-83-70-33-36-80(5)76-67(77(89)90)29-25-53(3)65(56-19-10-7-11-20-56)24-15-39-85-75-30-28-61(51-86-75)57-22-14-16-54(41-57)42-68-66-23-13-12-21-59(66)44-71(83)69(68)48-82(63,78(79)83)49-72(70)84(80,50-73(76)87)64-32-37-81(47-64)45-60-27-26-58(43-62(60)46-81)55-17-8-6-9-18-55/h6,8-9,12-14,16-18,21-23,28,30-31,41,44,48,52,56,58,60,62,64-65,67,71,73-74,76,78,85-88H,3,7,10-11,15,19-20,24-27,29,32-40,42-43,45-47,49-51H2,1-2,4-5H3,(H,89,90)/t58-,60-,62+,64-,65-,67-,71+,73-,74+,76+,78-,79-,80-,81-,82-,83-,84-/m1/s1. The predicted molar refractivity (Wildman–Crippen MR) is 365 cm³/mol. The molecule has 0 radical (unpaired) electrons. The first kappa shape index (κ1) is 59.8. The molecule has 476 valence electrons. The number of nitrogens with one attached hydrogen (secondary N) is 2. The van der Waals surface area contributed by atoms with E-state index in [-0.39, 0.29) is 44.8 Å². The largest absolute Gasteiger partial charge is 0.481 e. The van der Waals surface area contributed by atoms with Crippen LogP contribution >= 0.6 is 0 Å². The van der Waals surface area contributed by atoms with Gasteiger partial charge in [-0.05, 0) is 256 Å². The summed E-state index contributed by atoms with van der Waals surface area (Å²) in [6, 6.07) is 30.3. The van der Waals surface area contributed by atoms with E-state index in [0.717, 1.165) is 95.0 Å². The quantitative estimate of drug-likeness (QED) is 0.158. The smallest absolute Gasteiger partial charge is 0.306 e. The summed E-state index contributed by atoms with van der Waals surface area (Å²) in [5, 5.41) is 49.2. The number of aliphatic carboxylic acids is 1. The first-order chi connectivity index (χ1) is 43.6. The van der Waals surface area contributed by atoms with Crippen molar-refractivity contribution in [2.75, 3.05) is 13.1 Å². The molecule has 6 nitrogen and oxygen atoms in total. The fourth-order valence-corrected chi connectivity index (χ4v) is 25.8. The van der Waals surface area contributed by atoms with Gasteiger partial charge in [-0.25, -0.2) is 0 Å². The maximum atomic E-state index is 14.8. The molecule has 6 heteroatoms. The third-order valence-electron chi connectivity index (χ3n) is 29.2. The predicted octanol–water partition coefficient (Wildman–Crippen LogP) is 16.6. The molecule has 14 bridgehead atoms. The van der Waals surface area contributed by atoms with Crippen LogP contribution in [0.15, 0.2) is 143 Å². The van der Waals surface area contributed by atoms with Gasteiger partial charge in [0, 0.05) is 46.6 Å². The van der Waals surface area contributed by atoms with E-state index < -0.39 is 29.5 Å².